The molecule has 14 nitrogen and oxygen atoms in total. The van der Waals surface area contributed by atoms with Crippen LogP contribution < -0.4 is 16.0 Å². The number of nitrogens with zero attached hydrogens (tertiary/aromatic N) is 6. The number of aromatic nitrogens is 4. The molecule has 16 heteroatoms. The van der Waals surface area contributed by atoms with Crippen molar-refractivity contribution in [1.82, 2.24) is 40.3 Å². The van der Waals surface area contributed by atoms with E-state index in [4.69, 9.17) is 4.63 Å². The molecule has 3 atom stereocenters. The Morgan fingerprint density at radius 1 is 0.980 bits per heavy atom. The summed E-state index contributed by atoms with van der Waals surface area (Å²) in [6, 6.07) is 2.38. The van der Waals surface area contributed by atoms with Crippen molar-refractivity contribution < 1.29 is 28.2 Å². The van der Waals surface area contributed by atoms with Crippen molar-refractivity contribution in [2.45, 2.75) is 77.3 Å². The minimum atomic E-state index is -0.993. The molecule has 1 saturated heterocycles. The maximum absolute atomic E-state index is 15.8. The fraction of sp³-hybridized carbons (Fsp3) is 0.576. The predicted molar refractivity (Wildman–Crippen MR) is 179 cm³/mol. The van der Waals surface area contributed by atoms with Gasteiger partial charge in [0.05, 0.1) is 11.9 Å². The molecule has 4 amide bonds. The Hall–Kier alpha value is -4.31. The molecule has 3 N–H and O–H groups in total. The molecule has 264 valence electrons. The van der Waals surface area contributed by atoms with Crippen molar-refractivity contribution in [3.05, 3.63) is 52.0 Å². The van der Waals surface area contributed by atoms with Crippen molar-refractivity contribution in [3.8, 4) is 0 Å². The average molecular weight is 698 g/mol. The van der Waals surface area contributed by atoms with E-state index in [0.29, 0.717) is 43.4 Å². The summed E-state index contributed by atoms with van der Waals surface area (Å²) < 4.78 is 24.3. The van der Waals surface area contributed by atoms with E-state index >= 15 is 4.39 Å². The Balaban J connectivity index is 1.34. The first-order valence-electron chi connectivity index (χ1n) is 16.7. The van der Waals surface area contributed by atoms with Crippen LogP contribution in [0.5, 0.6) is 0 Å². The van der Waals surface area contributed by atoms with Gasteiger partial charge in [0.2, 0.25) is 11.8 Å². The van der Waals surface area contributed by atoms with Crippen LogP contribution in [0.15, 0.2) is 29.0 Å². The molecular weight excluding hydrogens is 653 g/mol. The lowest BCUT2D eigenvalue weighted by Crippen LogP contribution is -2.55. The highest BCUT2D eigenvalue weighted by atomic mass is 32.1. The summed E-state index contributed by atoms with van der Waals surface area (Å²) >= 11 is 0.913. The molecule has 2 aliphatic rings. The van der Waals surface area contributed by atoms with Crippen molar-refractivity contribution in [3.63, 3.8) is 0 Å². The van der Waals surface area contributed by atoms with E-state index in [1.165, 1.54) is 18.3 Å². The number of hydrogen-bond acceptors (Lipinski definition) is 11. The van der Waals surface area contributed by atoms with Crippen LogP contribution in [0.2, 0.25) is 0 Å². The summed E-state index contributed by atoms with van der Waals surface area (Å²) in [5.74, 6) is -3.03. The molecule has 1 saturated carbocycles. The van der Waals surface area contributed by atoms with Gasteiger partial charge in [-0.1, -0.05) is 56.2 Å². The summed E-state index contributed by atoms with van der Waals surface area (Å²) in [7, 11) is 1.98. The van der Waals surface area contributed by atoms with Crippen LogP contribution in [-0.2, 0) is 9.59 Å². The van der Waals surface area contributed by atoms with Crippen molar-refractivity contribution in [2.75, 3.05) is 38.5 Å². The number of halogens is 1. The van der Waals surface area contributed by atoms with E-state index in [2.05, 4.69) is 47.7 Å². The third-order valence-electron chi connectivity index (χ3n) is 9.61. The van der Waals surface area contributed by atoms with Gasteiger partial charge in [-0.3, -0.25) is 19.2 Å². The lowest BCUT2D eigenvalue weighted by atomic mass is 9.79. The molecule has 0 bridgehead atoms. The van der Waals surface area contributed by atoms with Gasteiger partial charge in [0, 0.05) is 38.0 Å². The molecule has 2 aromatic heterocycles. The van der Waals surface area contributed by atoms with E-state index in [9.17, 15) is 19.2 Å². The van der Waals surface area contributed by atoms with Crippen LogP contribution in [0, 0.1) is 17.7 Å². The highest BCUT2D eigenvalue weighted by Crippen LogP contribution is 2.32. The number of rotatable bonds is 11. The first-order valence-corrected chi connectivity index (χ1v) is 17.5. The largest absolute Gasteiger partial charge is 0.339 e. The summed E-state index contributed by atoms with van der Waals surface area (Å²) in [5.41, 5.74) is 0.781. The maximum atomic E-state index is 15.8. The predicted octanol–water partition coefficient (Wildman–Crippen LogP) is 3.42. The van der Waals surface area contributed by atoms with E-state index in [1.807, 2.05) is 20.9 Å². The van der Waals surface area contributed by atoms with E-state index in [0.717, 1.165) is 37.2 Å². The Kier molecular flexibility index (Phi) is 11.7. The quantitative estimate of drug-likeness (QED) is 0.269. The minimum absolute atomic E-state index is 0.0147. The van der Waals surface area contributed by atoms with E-state index < -0.39 is 41.5 Å². The zero-order chi connectivity index (χ0) is 35.2. The fourth-order valence-electron chi connectivity index (χ4n) is 6.38. The van der Waals surface area contributed by atoms with Gasteiger partial charge < -0.3 is 25.8 Å². The van der Waals surface area contributed by atoms with E-state index in [1.54, 1.807) is 17.9 Å². The van der Waals surface area contributed by atoms with Crippen molar-refractivity contribution >= 4 is 40.8 Å². The zero-order valence-electron chi connectivity index (χ0n) is 28.4. The Morgan fingerprint density at radius 2 is 1.69 bits per heavy atom. The number of benzene rings is 1. The van der Waals surface area contributed by atoms with Gasteiger partial charge in [0.25, 0.3) is 11.8 Å². The van der Waals surface area contributed by atoms with Crippen LogP contribution in [0.3, 0.4) is 0 Å². The Labute approximate surface area is 288 Å². The maximum Gasteiger partial charge on any atom is 0.276 e. The van der Waals surface area contributed by atoms with Gasteiger partial charge in [0.15, 0.2) is 5.69 Å². The highest BCUT2D eigenvalue weighted by molar-refractivity contribution is 7.07. The van der Waals surface area contributed by atoms with Gasteiger partial charge >= 0.3 is 0 Å². The van der Waals surface area contributed by atoms with E-state index in [-0.39, 0.29) is 34.0 Å². The summed E-state index contributed by atoms with van der Waals surface area (Å²) in [4.78, 5) is 57.9. The first kappa shape index (κ1) is 36.0. The number of carbonyl (C=O) groups excluding carboxylic acids is 4. The SMILES string of the molecule is CC(C)c1nonc1C(=O)N[C@H](C(=O)Nc1ccc([C@H](C)C(NC(=O)c2cnns2)C(=O)N2CCN(C)CC2)cc1F)[C@H]1CC[C@H](C)CC1. The number of anilines is 1. The number of likely N-dealkylation sites (N-methyl/N-ethyl adjacent to an activating group) is 1. The second-order valence-corrected chi connectivity index (χ2v) is 14.3. The second kappa shape index (κ2) is 15.9. The van der Waals surface area contributed by atoms with Crippen LogP contribution in [0.1, 0.15) is 96.6 Å². The van der Waals surface area contributed by atoms with Crippen LogP contribution in [-0.4, -0.2) is 98.6 Å². The number of nitrogens with one attached hydrogen (secondary N) is 3. The number of amides is 4. The molecule has 1 aliphatic heterocycles. The topological polar surface area (TPSA) is 176 Å². The van der Waals surface area contributed by atoms with Gasteiger partial charge in [-0.2, -0.15) is 0 Å². The second-order valence-electron chi connectivity index (χ2n) is 13.5. The van der Waals surface area contributed by atoms with Crippen LogP contribution in [0.25, 0.3) is 0 Å². The standard InChI is InChI=1S/C33H44FN9O5S/c1-18(2)26-29(40-48-39-26)32(46)38-28(21-8-6-19(3)7-9-21)31(45)36-24-11-10-22(16-23(24)34)20(4)27(37-30(44)25-17-35-41-49-25)33(47)43-14-12-42(5)13-15-43/h10-11,16-21,27-28H,6-9,12-15H2,1-5H3,(H,36,45)(H,37,44)(H,38,46)/t19-,20-,21-,27?,28-/m0/s1. The normalized spacial score (nSPS) is 20.3. The summed E-state index contributed by atoms with van der Waals surface area (Å²) in [6.45, 7) is 10.00. The van der Waals surface area contributed by atoms with Crippen molar-refractivity contribution in [2.24, 2.45) is 11.8 Å². The molecule has 1 aromatic carbocycles. The monoisotopic (exact) mass is 697 g/mol. The Morgan fingerprint density at radius 3 is 2.33 bits per heavy atom. The molecule has 5 rings (SSSR count). The number of piperazine rings is 1. The van der Waals surface area contributed by atoms with Crippen LogP contribution in [0.4, 0.5) is 10.1 Å². The number of hydrogen-bond donors (Lipinski definition) is 3. The third-order valence-corrected chi connectivity index (χ3v) is 10.3. The van der Waals surface area contributed by atoms with Crippen molar-refractivity contribution in [1.29, 1.82) is 0 Å². The third kappa shape index (κ3) is 8.65. The number of carbonyl (C=O) groups is 4. The minimum Gasteiger partial charge on any atom is -0.339 e. The molecular formula is C33H44FN9O5S. The van der Waals surface area contributed by atoms with Gasteiger partial charge in [-0.05, 0) is 66.1 Å². The molecule has 49 heavy (non-hydrogen) atoms. The Bertz CT molecular complexity index is 1620. The lowest BCUT2D eigenvalue weighted by Gasteiger charge is -2.36. The first-order chi connectivity index (χ1) is 23.4. The van der Waals surface area contributed by atoms with Crippen LogP contribution >= 0.6 is 11.5 Å². The average Bonchev–Trinajstić information content (AvgIpc) is 3.81. The summed E-state index contributed by atoms with van der Waals surface area (Å²) in [6.07, 6.45) is 4.57. The molecule has 0 spiro atoms. The summed E-state index contributed by atoms with van der Waals surface area (Å²) in [5, 5.41) is 19.7. The highest BCUT2D eigenvalue weighted by Gasteiger charge is 2.36. The fourth-order valence-corrected chi connectivity index (χ4v) is 6.80. The van der Waals surface area contributed by atoms with Gasteiger partial charge in [-0.25, -0.2) is 9.02 Å². The van der Waals surface area contributed by atoms with Gasteiger partial charge in [0.1, 0.15) is 28.5 Å². The molecule has 3 heterocycles. The molecule has 1 unspecified atom stereocenters. The molecule has 1 aliphatic carbocycles. The lowest BCUT2D eigenvalue weighted by molar-refractivity contribution is -0.135. The molecule has 3 aromatic rings. The molecule has 2 fully saturated rings. The zero-order valence-corrected chi connectivity index (χ0v) is 29.3. The smallest absolute Gasteiger partial charge is 0.276 e. The molecule has 0 radical (unpaired) electrons. The van der Waals surface area contributed by atoms with Gasteiger partial charge in [-0.15, -0.1) is 5.10 Å².